The van der Waals surface area contributed by atoms with Crippen LogP contribution < -0.4 is 20.4 Å². The number of anilines is 5. The molecule has 1 aliphatic rings. The number of ether oxygens (including phenoxy) is 1. The van der Waals surface area contributed by atoms with E-state index >= 15 is 0 Å². The number of nitrogens with zero attached hydrogens (tertiary/aromatic N) is 5. The Morgan fingerprint density at radius 1 is 1.00 bits per heavy atom. The summed E-state index contributed by atoms with van der Waals surface area (Å²) in [6.45, 7) is 8.69. The van der Waals surface area contributed by atoms with Crippen LogP contribution in [0.2, 0.25) is 5.02 Å². The molecule has 0 aliphatic carbocycles. The van der Waals surface area contributed by atoms with Crippen molar-refractivity contribution in [2.24, 2.45) is 0 Å². The third kappa shape index (κ3) is 6.70. The smallest absolute Gasteiger partial charge is 0.233 e. The molecule has 186 valence electrons. The molecule has 4 rings (SSSR count). The second-order valence-electron chi connectivity index (χ2n) is 8.27. The fourth-order valence-electron chi connectivity index (χ4n) is 3.86. The molecule has 2 heterocycles. The van der Waals surface area contributed by atoms with Crippen LogP contribution in [0.25, 0.3) is 0 Å². The first kappa shape index (κ1) is 24.9. The lowest BCUT2D eigenvalue weighted by molar-refractivity contribution is 0.147. The Morgan fingerprint density at radius 3 is 2.51 bits per heavy atom. The zero-order chi connectivity index (χ0) is 24.6. The monoisotopic (exact) mass is 499 g/mol. The molecule has 0 bridgehead atoms. The van der Waals surface area contributed by atoms with Gasteiger partial charge in [-0.2, -0.15) is 15.0 Å². The van der Waals surface area contributed by atoms with Crippen LogP contribution in [0, 0.1) is 12.7 Å². The second-order valence-corrected chi connectivity index (χ2v) is 8.71. The van der Waals surface area contributed by atoms with Crippen LogP contribution >= 0.6 is 11.6 Å². The predicted molar refractivity (Wildman–Crippen MR) is 140 cm³/mol. The van der Waals surface area contributed by atoms with Crippen molar-refractivity contribution in [2.45, 2.75) is 20.3 Å². The van der Waals surface area contributed by atoms with E-state index in [1.807, 2.05) is 44.2 Å². The van der Waals surface area contributed by atoms with Crippen LogP contribution in [0.3, 0.4) is 0 Å². The quantitative estimate of drug-likeness (QED) is 0.382. The lowest BCUT2D eigenvalue weighted by Crippen LogP contribution is -2.47. The van der Waals surface area contributed by atoms with Crippen LogP contribution in [0.15, 0.2) is 42.5 Å². The lowest BCUT2D eigenvalue weighted by atomic mass is 10.2. The number of aromatic nitrogens is 3. The van der Waals surface area contributed by atoms with Crippen molar-refractivity contribution in [1.82, 2.24) is 15.0 Å². The van der Waals surface area contributed by atoms with Crippen molar-refractivity contribution in [3.63, 3.8) is 0 Å². The van der Waals surface area contributed by atoms with E-state index in [4.69, 9.17) is 16.3 Å². The molecule has 8 nitrogen and oxygen atoms in total. The fourth-order valence-corrected chi connectivity index (χ4v) is 4.04. The summed E-state index contributed by atoms with van der Waals surface area (Å²) in [6.07, 6.45) is 0.840. The van der Waals surface area contributed by atoms with Crippen molar-refractivity contribution < 1.29 is 9.13 Å². The molecule has 0 unspecified atom stereocenters. The van der Waals surface area contributed by atoms with E-state index in [-0.39, 0.29) is 5.82 Å². The normalized spacial score (nSPS) is 13.7. The van der Waals surface area contributed by atoms with Crippen molar-refractivity contribution in [2.75, 3.05) is 66.4 Å². The van der Waals surface area contributed by atoms with Gasteiger partial charge in [0.05, 0.1) is 5.69 Å². The highest BCUT2D eigenvalue weighted by atomic mass is 35.5. The van der Waals surface area contributed by atoms with E-state index in [1.165, 1.54) is 6.07 Å². The van der Waals surface area contributed by atoms with Gasteiger partial charge >= 0.3 is 0 Å². The first-order chi connectivity index (χ1) is 17.0. The summed E-state index contributed by atoms with van der Waals surface area (Å²) in [5.74, 6) is 1.29. The third-order valence-electron chi connectivity index (χ3n) is 5.78. The Morgan fingerprint density at radius 2 is 1.74 bits per heavy atom. The maximum Gasteiger partial charge on any atom is 0.233 e. The molecule has 0 radical (unpaired) electrons. The Bertz CT molecular complexity index is 1120. The highest BCUT2D eigenvalue weighted by molar-refractivity contribution is 6.30. The molecule has 0 atom stereocenters. The second kappa shape index (κ2) is 12.0. The predicted octanol–water partition coefficient (Wildman–Crippen LogP) is 4.88. The van der Waals surface area contributed by atoms with Crippen LogP contribution in [0.4, 0.5) is 33.6 Å². The number of para-hydroxylation sites is 1. The highest BCUT2D eigenvalue weighted by Crippen LogP contribution is 2.25. The molecule has 0 spiro atoms. The van der Waals surface area contributed by atoms with Gasteiger partial charge in [0.2, 0.25) is 17.8 Å². The van der Waals surface area contributed by atoms with Crippen molar-refractivity contribution in [3.8, 4) is 0 Å². The van der Waals surface area contributed by atoms with Gasteiger partial charge in [-0.1, -0.05) is 29.8 Å². The number of hydrogen-bond donors (Lipinski definition) is 2. The van der Waals surface area contributed by atoms with Gasteiger partial charge in [0.25, 0.3) is 0 Å². The summed E-state index contributed by atoms with van der Waals surface area (Å²) in [5, 5.41) is 7.20. The molecule has 1 fully saturated rings. The molecule has 1 aliphatic heterocycles. The van der Waals surface area contributed by atoms with E-state index in [1.54, 1.807) is 6.07 Å². The van der Waals surface area contributed by atoms with Crippen LogP contribution in [-0.2, 0) is 4.74 Å². The van der Waals surface area contributed by atoms with Crippen molar-refractivity contribution in [3.05, 3.63) is 58.9 Å². The molecule has 10 heteroatoms. The van der Waals surface area contributed by atoms with Crippen molar-refractivity contribution in [1.29, 1.82) is 0 Å². The van der Waals surface area contributed by atoms with E-state index in [0.29, 0.717) is 74.5 Å². The summed E-state index contributed by atoms with van der Waals surface area (Å²) in [5.41, 5.74) is 2.49. The summed E-state index contributed by atoms with van der Waals surface area (Å²) in [7, 11) is 0. The van der Waals surface area contributed by atoms with Crippen molar-refractivity contribution >= 4 is 40.8 Å². The molecule has 0 saturated carbocycles. The molecular formula is C25H31ClFN7O. The maximum atomic E-state index is 14.2. The minimum absolute atomic E-state index is 0.206. The number of halogens is 2. The molecule has 2 aromatic carbocycles. The Hall–Kier alpha value is -3.17. The summed E-state index contributed by atoms with van der Waals surface area (Å²) in [6, 6.07) is 12.5. The summed E-state index contributed by atoms with van der Waals surface area (Å²) in [4.78, 5) is 18.1. The minimum atomic E-state index is -0.206. The number of benzene rings is 2. The zero-order valence-electron chi connectivity index (χ0n) is 20.1. The van der Waals surface area contributed by atoms with Gasteiger partial charge in [0.1, 0.15) is 5.82 Å². The van der Waals surface area contributed by atoms with Crippen LogP contribution in [0.1, 0.15) is 18.9 Å². The maximum absolute atomic E-state index is 14.2. The van der Waals surface area contributed by atoms with Gasteiger partial charge in [-0.25, -0.2) is 4.39 Å². The molecule has 1 aromatic heterocycles. The number of hydrogen-bond acceptors (Lipinski definition) is 8. The SMILES string of the molecule is CCOCCCNc1nc(Nc2cc(Cl)ccc2C)nc(N2CCN(c3ccccc3F)CC2)n1. The minimum Gasteiger partial charge on any atom is -0.382 e. The Balaban J connectivity index is 1.51. The standard InChI is InChI=1S/C25H31ClFN7O/c1-3-35-16-6-11-28-23-30-24(29-21-17-19(26)10-9-18(21)2)32-25(31-23)34-14-12-33(13-15-34)22-8-5-4-7-20(22)27/h4-5,7-10,17H,3,6,11-16H2,1-2H3,(H2,28,29,30,31,32). The average molecular weight is 500 g/mol. The van der Waals surface area contributed by atoms with Gasteiger partial charge < -0.3 is 25.2 Å². The van der Waals surface area contributed by atoms with Gasteiger partial charge in [-0.3, -0.25) is 0 Å². The molecular weight excluding hydrogens is 469 g/mol. The molecule has 1 saturated heterocycles. The summed E-state index contributed by atoms with van der Waals surface area (Å²) >= 11 is 6.20. The number of piperazine rings is 1. The highest BCUT2D eigenvalue weighted by Gasteiger charge is 2.22. The zero-order valence-corrected chi connectivity index (χ0v) is 20.9. The number of rotatable bonds is 10. The first-order valence-electron chi connectivity index (χ1n) is 11.9. The molecule has 2 N–H and O–H groups in total. The fraction of sp³-hybridized carbons (Fsp3) is 0.400. The Labute approximate surface area is 210 Å². The lowest BCUT2D eigenvalue weighted by Gasteiger charge is -2.36. The third-order valence-corrected chi connectivity index (χ3v) is 6.01. The number of nitrogens with one attached hydrogen (secondary N) is 2. The first-order valence-corrected chi connectivity index (χ1v) is 12.3. The topological polar surface area (TPSA) is 78.4 Å². The van der Waals surface area contributed by atoms with Gasteiger partial charge in [0, 0.05) is 56.6 Å². The number of aryl methyl sites for hydroxylation is 1. The van der Waals surface area contributed by atoms with E-state index in [9.17, 15) is 4.39 Å². The van der Waals surface area contributed by atoms with E-state index < -0.39 is 0 Å². The summed E-state index contributed by atoms with van der Waals surface area (Å²) < 4.78 is 19.7. The molecule has 3 aromatic rings. The van der Waals surface area contributed by atoms with Gasteiger partial charge in [-0.05, 0) is 50.1 Å². The Kier molecular flexibility index (Phi) is 8.54. The average Bonchev–Trinajstić information content (AvgIpc) is 2.86. The molecule has 35 heavy (non-hydrogen) atoms. The van der Waals surface area contributed by atoms with Gasteiger partial charge in [-0.15, -0.1) is 0 Å². The van der Waals surface area contributed by atoms with Gasteiger partial charge in [0.15, 0.2) is 0 Å². The van der Waals surface area contributed by atoms with E-state index in [0.717, 1.165) is 17.7 Å². The molecule has 0 amide bonds. The van der Waals surface area contributed by atoms with E-state index in [2.05, 4.69) is 35.4 Å². The van der Waals surface area contributed by atoms with Crippen LogP contribution in [0.5, 0.6) is 0 Å². The largest absolute Gasteiger partial charge is 0.382 e. The van der Waals surface area contributed by atoms with Crippen LogP contribution in [-0.4, -0.2) is 60.9 Å².